The molecule has 0 heterocycles. The molecule has 0 radical (unpaired) electrons. The normalized spacial score (nSPS) is 15.5. The molecule has 0 aliphatic rings. The molecule has 0 aliphatic carbocycles. The van der Waals surface area contributed by atoms with E-state index in [9.17, 15) is 18.3 Å². The second-order valence-electron chi connectivity index (χ2n) is 5.42. The maximum atomic E-state index is 12.3. The molecule has 0 spiro atoms. The van der Waals surface area contributed by atoms with Crippen LogP contribution in [0.3, 0.4) is 0 Å². The molecular formula is C14H28F3NO. The molecular weight excluding hydrogens is 255 g/mol. The van der Waals surface area contributed by atoms with Crippen LogP contribution in [0, 0.1) is 0 Å². The van der Waals surface area contributed by atoms with Gasteiger partial charge in [-0.1, -0.05) is 51.9 Å². The molecule has 2 nitrogen and oxygen atoms in total. The van der Waals surface area contributed by atoms with Crippen molar-refractivity contribution in [3.63, 3.8) is 0 Å². The summed E-state index contributed by atoms with van der Waals surface area (Å²) in [4.78, 5) is 0. The highest BCUT2D eigenvalue weighted by Crippen LogP contribution is 2.29. The van der Waals surface area contributed by atoms with Crippen LogP contribution in [-0.2, 0) is 0 Å². The van der Waals surface area contributed by atoms with Gasteiger partial charge in [0.2, 0.25) is 0 Å². The first kappa shape index (κ1) is 18.7. The van der Waals surface area contributed by atoms with Crippen LogP contribution in [0.1, 0.15) is 65.2 Å². The first-order valence-electron chi connectivity index (χ1n) is 7.31. The van der Waals surface area contributed by atoms with Crippen LogP contribution in [0.4, 0.5) is 13.2 Å². The van der Waals surface area contributed by atoms with E-state index in [4.69, 9.17) is 0 Å². The Kier molecular flexibility index (Phi) is 9.44. The van der Waals surface area contributed by atoms with E-state index in [0.29, 0.717) is 6.54 Å². The number of nitrogens with one attached hydrogen (secondary N) is 1. The molecule has 5 heteroatoms. The highest BCUT2D eigenvalue weighted by atomic mass is 19.4. The fourth-order valence-corrected chi connectivity index (χ4v) is 1.82. The van der Waals surface area contributed by atoms with Gasteiger partial charge >= 0.3 is 6.18 Å². The van der Waals surface area contributed by atoms with Crippen molar-refractivity contribution in [1.29, 1.82) is 0 Å². The third-order valence-electron chi connectivity index (χ3n) is 3.29. The summed E-state index contributed by atoms with van der Waals surface area (Å²) in [5.41, 5.74) is -2.63. The van der Waals surface area contributed by atoms with E-state index in [1.807, 2.05) is 0 Å². The van der Waals surface area contributed by atoms with Crippen molar-refractivity contribution in [2.45, 2.75) is 77.0 Å². The van der Waals surface area contributed by atoms with E-state index in [2.05, 4.69) is 12.2 Å². The summed E-state index contributed by atoms with van der Waals surface area (Å²) in [6, 6.07) is 0. The van der Waals surface area contributed by atoms with Gasteiger partial charge in [0.15, 0.2) is 5.60 Å². The molecule has 19 heavy (non-hydrogen) atoms. The molecule has 116 valence electrons. The van der Waals surface area contributed by atoms with Crippen molar-refractivity contribution in [3.05, 3.63) is 0 Å². The maximum Gasteiger partial charge on any atom is 0.418 e. The van der Waals surface area contributed by atoms with Gasteiger partial charge in [0.05, 0.1) is 0 Å². The minimum atomic E-state index is -4.57. The predicted molar refractivity (Wildman–Crippen MR) is 72.2 cm³/mol. The summed E-state index contributed by atoms with van der Waals surface area (Å²) in [7, 11) is 0. The van der Waals surface area contributed by atoms with Gasteiger partial charge < -0.3 is 10.4 Å². The SMILES string of the molecule is CCCCCCCCCCNC[C@](C)(O)C(F)(F)F. The average molecular weight is 283 g/mol. The zero-order valence-electron chi connectivity index (χ0n) is 12.2. The zero-order valence-corrected chi connectivity index (χ0v) is 12.2. The van der Waals surface area contributed by atoms with Gasteiger partial charge in [0.25, 0.3) is 0 Å². The average Bonchev–Trinajstić information content (AvgIpc) is 2.30. The molecule has 0 fully saturated rings. The highest BCUT2D eigenvalue weighted by molar-refractivity contribution is 4.83. The summed E-state index contributed by atoms with van der Waals surface area (Å²) >= 11 is 0. The van der Waals surface area contributed by atoms with Gasteiger partial charge in [0.1, 0.15) is 0 Å². The van der Waals surface area contributed by atoms with E-state index in [1.165, 1.54) is 32.1 Å². The Hall–Kier alpha value is -0.290. The number of rotatable bonds is 11. The summed E-state index contributed by atoms with van der Waals surface area (Å²) in [5.74, 6) is 0. The van der Waals surface area contributed by atoms with Gasteiger partial charge in [-0.15, -0.1) is 0 Å². The third-order valence-corrected chi connectivity index (χ3v) is 3.29. The lowest BCUT2D eigenvalue weighted by atomic mass is 10.1. The van der Waals surface area contributed by atoms with Crippen LogP contribution >= 0.6 is 0 Å². The van der Waals surface area contributed by atoms with E-state index in [1.54, 1.807) is 0 Å². The Morgan fingerprint density at radius 1 is 0.895 bits per heavy atom. The van der Waals surface area contributed by atoms with Crippen molar-refractivity contribution < 1.29 is 18.3 Å². The number of halogens is 3. The Morgan fingerprint density at radius 2 is 1.37 bits per heavy atom. The van der Waals surface area contributed by atoms with Crippen molar-refractivity contribution in [2.75, 3.05) is 13.1 Å². The van der Waals surface area contributed by atoms with Gasteiger partial charge in [-0.25, -0.2) is 0 Å². The molecule has 0 amide bonds. The van der Waals surface area contributed by atoms with Crippen molar-refractivity contribution >= 4 is 0 Å². The predicted octanol–water partition coefficient (Wildman–Crippen LogP) is 4.03. The molecule has 1 atom stereocenters. The lowest BCUT2D eigenvalue weighted by molar-refractivity contribution is -0.250. The molecule has 0 aliphatic heterocycles. The van der Waals surface area contributed by atoms with Crippen molar-refractivity contribution in [3.8, 4) is 0 Å². The molecule has 0 saturated heterocycles. The number of alkyl halides is 3. The standard InChI is InChI=1S/C14H28F3NO/c1-3-4-5-6-7-8-9-10-11-18-12-13(2,19)14(15,16)17/h18-19H,3-12H2,1-2H3/t13-/m0/s1. The Morgan fingerprint density at radius 3 is 1.84 bits per heavy atom. The molecule has 2 N–H and O–H groups in total. The highest BCUT2D eigenvalue weighted by Gasteiger charge is 2.49. The first-order chi connectivity index (χ1) is 8.81. The smallest absolute Gasteiger partial charge is 0.380 e. The summed E-state index contributed by atoms with van der Waals surface area (Å²) in [6.07, 6.45) is 4.74. The monoisotopic (exact) mass is 283 g/mol. The molecule has 0 aromatic rings. The molecule has 0 bridgehead atoms. The number of unbranched alkanes of at least 4 members (excludes halogenated alkanes) is 7. The summed E-state index contributed by atoms with van der Waals surface area (Å²) in [6.45, 7) is 3.07. The lowest BCUT2D eigenvalue weighted by Crippen LogP contribution is -2.50. The van der Waals surface area contributed by atoms with Crippen LogP contribution in [0.5, 0.6) is 0 Å². The van der Waals surface area contributed by atoms with E-state index in [0.717, 1.165) is 26.2 Å². The molecule has 0 aromatic carbocycles. The van der Waals surface area contributed by atoms with E-state index in [-0.39, 0.29) is 0 Å². The quantitative estimate of drug-likeness (QED) is 0.561. The van der Waals surface area contributed by atoms with Crippen LogP contribution in [-0.4, -0.2) is 30.0 Å². The molecule has 0 aromatic heterocycles. The van der Waals surface area contributed by atoms with Crippen LogP contribution in [0.25, 0.3) is 0 Å². The second-order valence-corrected chi connectivity index (χ2v) is 5.42. The topological polar surface area (TPSA) is 32.3 Å². The van der Waals surface area contributed by atoms with Crippen molar-refractivity contribution in [2.24, 2.45) is 0 Å². The number of aliphatic hydroxyl groups is 1. The van der Waals surface area contributed by atoms with E-state index < -0.39 is 18.3 Å². The largest absolute Gasteiger partial charge is 0.418 e. The van der Waals surface area contributed by atoms with Gasteiger partial charge in [-0.2, -0.15) is 13.2 Å². The van der Waals surface area contributed by atoms with Gasteiger partial charge in [-0.05, 0) is 19.9 Å². The number of hydrogen-bond acceptors (Lipinski definition) is 2. The maximum absolute atomic E-state index is 12.3. The fraction of sp³-hybridized carbons (Fsp3) is 1.00. The van der Waals surface area contributed by atoms with E-state index >= 15 is 0 Å². The Labute approximate surface area is 114 Å². The summed E-state index contributed by atoms with van der Waals surface area (Å²) < 4.78 is 37.0. The van der Waals surface area contributed by atoms with Crippen LogP contribution < -0.4 is 5.32 Å². The molecule has 0 rings (SSSR count). The number of hydrogen-bond donors (Lipinski definition) is 2. The zero-order chi connectivity index (χ0) is 14.8. The fourth-order valence-electron chi connectivity index (χ4n) is 1.82. The Bertz CT molecular complexity index is 217. The third kappa shape index (κ3) is 9.27. The molecule has 0 saturated carbocycles. The minimum absolute atomic E-state index is 0.438. The molecule has 0 unspecified atom stereocenters. The summed E-state index contributed by atoms with van der Waals surface area (Å²) in [5, 5.41) is 11.9. The van der Waals surface area contributed by atoms with Crippen LogP contribution in [0.15, 0.2) is 0 Å². The lowest BCUT2D eigenvalue weighted by Gasteiger charge is -2.26. The minimum Gasteiger partial charge on any atom is -0.380 e. The second kappa shape index (κ2) is 9.59. The van der Waals surface area contributed by atoms with Gasteiger partial charge in [-0.3, -0.25) is 0 Å². The van der Waals surface area contributed by atoms with Crippen LogP contribution in [0.2, 0.25) is 0 Å². The Balaban J connectivity index is 3.37. The van der Waals surface area contributed by atoms with Gasteiger partial charge in [0, 0.05) is 6.54 Å². The first-order valence-corrected chi connectivity index (χ1v) is 7.31. The van der Waals surface area contributed by atoms with Crippen molar-refractivity contribution in [1.82, 2.24) is 5.32 Å².